The first-order chi connectivity index (χ1) is 10.3. The fourth-order valence-electron chi connectivity index (χ4n) is 2.58. The van der Waals surface area contributed by atoms with Crippen LogP contribution in [0.25, 0.3) is 0 Å². The third-order valence-electron chi connectivity index (χ3n) is 3.72. The van der Waals surface area contributed by atoms with Gasteiger partial charge in [-0.25, -0.2) is 0 Å². The van der Waals surface area contributed by atoms with Crippen molar-refractivity contribution in [2.45, 2.75) is 31.5 Å². The minimum atomic E-state index is -0.524. The highest BCUT2D eigenvalue weighted by Gasteiger charge is 2.28. The number of benzene rings is 2. The molecule has 1 heterocycles. The summed E-state index contributed by atoms with van der Waals surface area (Å²) in [5, 5.41) is 14.4. The van der Waals surface area contributed by atoms with E-state index >= 15 is 0 Å². The zero-order valence-electron chi connectivity index (χ0n) is 11.9. The van der Waals surface area contributed by atoms with E-state index in [2.05, 4.69) is 17.3 Å². The second-order valence-electron chi connectivity index (χ2n) is 5.42. The smallest absolute Gasteiger partial charge is 0.158 e. The molecule has 2 atom stereocenters. The Kier molecular flexibility index (Phi) is 4.31. The van der Waals surface area contributed by atoms with Crippen LogP contribution in [0, 0.1) is 0 Å². The van der Waals surface area contributed by atoms with Crippen molar-refractivity contribution in [2.75, 3.05) is 0 Å². The van der Waals surface area contributed by atoms with Crippen molar-refractivity contribution in [1.29, 1.82) is 0 Å². The third-order valence-corrected chi connectivity index (χ3v) is 3.72. The van der Waals surface area contributed by atoms with Gasteiger partial charge in [-0.3, -0.25) is 0 Å². The van der Waals surface area contributed by atoms with E-state index in [4.69, 9.17) is 4.84 Å². The fourth-order valence-corrected chi connectivity index (χ4v) is 2.58. The minimum absolute atomic E-state index is 0.232. The van der Waals surface area contributed by atoms with Gasteiger partial charge in [-0.05, 0) is 11.1 Å². The van der Waals surface area contributed by atoms with Gasteiger partial charge < -0.3 is 9.94 Å². The lowest BCUT2D eigenvalue weighted by atomic mass is 9.98. The summed E-state index contributed by atoms with van der Waals surface area (Å²) in [7, 11) is 0. The Bertz CT molecular complexity index is 595. The van der Waals surface area contributed by atoms with E-state index in [1.54, 1.807) is 0 Å². The normalized spacial score (nSPS) is 18.9. The van der Waals surface area contributed by atoms with E-state index in [0.717, 1.165) is 17.7 Å². The Morgan fingerprint density at radius 2 is 1.62 bits per heavy atom. The Hall–Kier alpha value is -2.13. The van der Waals surface area contributed by atoms with Crippen LogP contribution in [0.15, 0.2) is 65.8 Å². The van der Waals surface area contributed by atoms with Gasteiger partial charge >= 0.3 is 0 Å². The van der Waals surface area contributed by atoms with Crippen molar-refractivity contribution in [3.63, 3.8) is 0 Å². The molecule has 0 saturated carbocycles. The van der Waals surface area contributed by atoms with Crippen molar-refractivity contribution in [2.24, 2.45) is 5.16 Å². The number of hydrogen-bond donors (Lipinski definition) is 1. The van der Waals surface area contributed by atoms with Gasteiger partial charge in [0, 0.05) is 19.3 Å². The fraction of sp³-hybridized carbons (Fsp3) is 0.278. The van der Waals surface area contributed by atoms with Crippen molar-refractivity contribution >= 4 is 5.71 Å². The van der Waals surface area contributed by atoms with E-state index in [-0.39, 0.29) is 6.10 Å². The first-order valence-electron chi connectivity index (χ1n) is 7.29. The summed E-state index contributed by atoms with van der Waals surface area (Å²) in [5.74, 6) is 0. The lowest BCUT2D eigenvalue weighted by Gasteiger charge is -2.16. The summed E-state index contributed by atoms with van der Waals surface area (Å²) in [5.41, 5.74) is 3.33. The molecule has 2 aromatic carbocycles. The lowest BCUT2D eigenvalue weighted by Crippen LogP contribution is -2.28. The maximum Gasteiger partial charge on any atom is 0.158 e. The monoisotopic (exact) mass is 281 g/mol. The predicted octanol–water partition coefficient (Wildman–Crippen LogP) is 2.98. The molecule has 0 amide bonds. The second kappa shape index (κ2) is 6.55. The van der Waals surface area contributed by atoms with Crippen molar-refractivity contribution in [3.05, 3.63) is 71.8 Å². The Labute approximate surface area is 124 Å². The number of oxime groups is 1. The Morgan fingerprint density at radius 1 is 1.00 bits per heavy atom. The molecule has 1 N–H and O–H groups in total. The highest BCUT2D eigenvalue weighted by atomic mass is 16.6. The van der Waals surface area contributed by atoms with Gasteiger partial charge in [0.05, 0.1) is 11.8 Å². The molecule has 2 aromatic rings. The van der Waals surface area contributed by atoms with Crippen LogP contribution in [-0.4, -0.2) is 23.0 Å². The van der Waals surface area contributed by atoms with Gasteiger partial charge in [0.15, 0.2) is 6.10 Å². The van der Waals surface area contributed by atoms with E-state index < -0.39 is 6.10 Å². The molecule has 0 radical (unpaired) electrons. The number of rotatable bonds is 5. The number of nitrogens with zero attached hydrogens (tertiary/aromatic N) is 1. The molecular formula is C18H19NO2. The molecule has 1 aliphatic rings. The third kappa shape index (κ3) is 3.70. The summed E-state index contributed by atoms with van der Waals surface area (Å²) in [6.45, 7) is 0. The Morgan fingerprint density at radius 3 is 2.29 bits per heavy atom. The van der Waals surface area contributed by atoms with Gasteiger partial charge in [0.1, 0.15) is 0 Å². The summed E-state index contributed by atoms with van der Waals surface area (Å²) in [6.07, 6.45) is 1.33. The van der Waals surface area contributed by atoms with Crippen LogP contribution >= 0.6 is 0 Å². The summed E-state index contributed by atoms with van der Waals surface area (Å²) < 4.78 is 0. The maximum absolute atomic E-state index is 10.3. The van der Waals surface area contributed by atoms with Crippen molar-refractivity contribution in [1.82, 2.24) is 0 Å². The summed E-state index contributed by atoms with van der Waals surface area (Å²) >= 11 is 0. The average Bonchev–Trinajstić information content (AvgIpc) is 2.98. The molecule has 3 nitrogen and oxygen atoms in total. The Balaban J connectivity index is 1.53. The van der Waals surface area contributed by atoms with Crippen molar-refractivity contribution < 1.29 is 9.94 Å². The van der Waals surface area contributed by atoms with E-state index in [1.165, 1.54) is 5.56 Å². The average molecular weight is 281 g/mol. The van der Waals surface area contributed by atoms with E-state index in [0.29, 0.717) is 12.8 Å². The molecule has 3 rings (SSSR count). The molecule has 108 valence electrons. The zero-order valence-corrected chi connectivity index (χ0v) is 11.9. The first kappa shape index (κ1) is 13.8. The van der Waals surface area contributed by atoms with Gasteiger partial charge in [-0.1, -0.05) is 65.8 Å². The van der Waals surface area contributed by atoms with Gasteiger partial charge in [0.25, 0.3) is 0 Å². The summed E-state index contributed by atoms with van der Waals surface area (Å²) in [4.78, 5) is 5.41. The molecule has 0 spiro atoms. The lowest BCUT2D eigenvalue weighted by molar-refractivity contribution is -0.0164. The molecule has 1 aliphatic heterocycles. The van der Waals surface area contributed by atoms with Crippen LogP contribution in [-0.2, 0) is 17.7 Å². The minimum Gasteiger partial charge on any atom is -0.389 e. The largest absolute Gasteiger partial charge is 0.389 e. The maximum atomic E-state index is 10.3. The van der Waals surface area contributed by atoms with Gasteiger partial charge in [-0.2, -0.15) is 0 Å². The number of aliphatic hydroxyl groups excluding tert-OH is 1. The molecule has 0 bridgehead atoms. The van der Waals surface area contributed by atoms with Crippen molar-refractivity contribution in [3.8, 4) is 0 Å². The molecule has 0 unspecified atom stereocenters. The van der Waals surface area contributed by atoms with Gasteiger partial charge in [-0.15, -0.1) is 0 Å². The van der Waals surface area contributed by atoms with Crippen LogP contribution in [0.3, 0.4) is 0 Å². The second-order valence-corrected chi connectivity index (χ2v) is 5.42. The van der Waals surface area contributed by atoms with Crippen LogP contribution in [0.2, 0.25) is 0 Å². The highest BCUT2D eigenvalue weighted by molar-refractivity contribution is 5.87. The van der Waals surface area contributed by atoms with E-state index in [9.17, 15) is 5.11 Å². The SMILES string of the molecule is O[C@@H](Cc1ccccc1)[C@H]1CC(Cc2ccccc2)=NO1. The van der Waals surface area contributed by atoms with Crippen LogP contribution in [0.4, 0.5) is 0 Å². The zero-order chi connectivity index (χ0) is 14.5. The molecule has 0 fully saturated rings. The standard InChI is InChI=1S/C18H19NO2/c20-17(12-15-9-5-2-6-10-15)18-13-16(19-21-18)11-14-7-3-1-4-8-14/h1-10,17-18,20H,11-13H2/t17-,18+/m0/s1. The predicted molar refractivity (Wildman–Crippen MR) is 83.2 cm³/mol. The molecule has 21 heavy (non-hydrogen) atoms. The highest BCUT2D eigenvalue weighted by Crippen LogP contribution is 2.19. The first-order valence-corrected chi connectivity index (χ1v) is 7.29. The molecule has 0 aliphatic carbocycles. The van der Waals surface area contributed by atoms with Crippen LogP contribution in [0.5, 0.6) is 0 Å². The molecular weight excluding hydrogens is 262 g/mol. The molecule has 0 saturated heterocycles. The van der Waals surface area contributed by atoms with Crippen LogP contribution in [0.1, 0.15) is 17.5 Å². The van der Waals surface area contributed by atoms with Crippen LogP contribution < -0.4 is 0 Å². The molecule has 0 aromatic heterocycles. The topological polar surface area (TPSA) is 41.8 Å². The number of aliphatic hydroxyl groups is 1. The number of hydrogen-bond acceptors (Lipinski definition) is 3. The van der Waals surface area contributed by atoms with Gasteiger partial charge in [0.2, 0.25) is 0 Å². The quantitative estimate of drug-likeness (QED) is 0.915. The molecule has 3 heteroatoms. The summed E-state index contributed by atoms with van der Waals surface area (Å²) in [6, 6.07) is 20.2. The van der Waals surface area contributed by atoms with E-state index in [1.807, 2.05) is 48.5 Å².